The number of benzene rings is 2. The molecule has 0 unspecified atom stereocenters. The van der Waals surface area contributed by atoms with Crippen LogP contribution in [0.3, 0.4) is 0 Å². The third-order valence-corrected chi connectivity index (χ3v) is 5.19. The fourth-order valence-corrected chi connectivity index (χ4v) is 3.67. The van der Waals surface area contributed by atoms with Crippen LogP contribution in [-0.4, -0.2) is 36.5 Å². The van der Waals surface area contributed by atoms with Crippen molar-refractivity contribution in [2.45, 2.75) is 31.9 Å². The summed E-state index contributed by atoms with van der Waals surface area (Å²) in [4.78, 5) is 38.9. The van der Waals surface area contributed by atoms with E-state index in [4.69, 9.17) is 4.74 Å². The van der Waals surface area contributed by atoms with E-state index in [2.05, 4.69) is 10.6 Å². The fourth-order valence-electron chi connectivity index (χ4n) is 3.67. The van der Waals surface area contributed by atoms with Crippen LogP contribution in [0.1, 0.15) is 30.1 Å². The maximum atomic E-state index is 13.7. The Balaban J connectivity index is 1.45. The molecular formula is C21H19F2N3O4. The Morgan fingerprint density at radius 3 is 2.83 bits per heavy atom. The predicted octanol–water partition coefficient (Wildman–Crippen LogP) is 3.07. The largest absolute Gasteiger partial charge is 0.449 e. The Hall–Kier alpha value is -3.49. The third kappa shape index (κ3) is 3.70. The average molecular weight is 415 g/mol. The molecule has 30 heavy (non-hydrogen) atoms. The van der Waals surface area contributed by atoms with Gasteiger partial charge in [0.05, 0.1) is 22.6 Å². The van der Waals surface area contributed by atoms with E-state index in [1.54, 1.807) is 12.1 Å². The molecule has 156 valence electrons. The highest BCUT2D eigenvalue weighted by Crippen LogP contribution is 2.37. The Labute approximate surface area is 171 Å². The highest BCUT2D eigenvalue weighted by molar-refractivity contribution is 6.05. The zero-order valence-corrected chi connectivity index (χ0v) is 16.1. The Kier molecular flexibility index (Phi) is 5.11. The van der Waals surface area contributed by atoms with Crippen molar-refractivity contribution < 1.29 is 27.9 Å². The summed E-state index contributed by atoms with van der Waals surface area (Å²) in [5.74, 6) is -3.23. The first kappa shape index (κ1) is 19.8. The molecule has 2 aliphatic rings. The first-order valence-electron chi connectivity index (χ1n) is 9.52. The molecule has 2 heterocycles. The Bertz CT molecular complexity index is 1040. The summed E-state index contributed by atoms with van der Waals surface area (Å²) in [6.07, 6.45) is 0.446. The normalized spacial score (nSPS) is 18.2. The summed E-state index contributed by atoms with van der Waals surface area (Å²) in [7, 11) is 0. The molecule has 2 amide bonds. The molecule has 7 nitrogen and oxygen atoms in total. The number of hydrogen-bond acceptors (Lipinski definition) is 5. The van der Waals surface area contributed by atoms with Gasteiger partial charge in [0.2, 0.25) is 5.91 Å². The van der Waals surface area contributed by atoms with Gasteiger partial charge in [-0.2, -0.15) is 0 Å². The van der Waals surface area contributed by atoms with E-state index in [9.17, 15) is 23.2 Å². The number of nitrogens with zero attached hydrogens (tertiary/aromatic N) is 1. The van der Waals surface area contributed by atoms with Crippen molar-refractivity contribution in [2.75, 3.05) is 22.1 Å². The van der Waals surface area contributed by atoms with Crippen LogP contribution in [0.2, 0.25) is 0 Å². The van der Waals surface area contributed by atoms with Gasteiger partial charge >= 0.3 is 5.97 Å². The number of carbonyl (C=O) groups is 3. The molecule has 2 aromatic carbocycles. The van der Waals surface area contributed by atoms with Crippen molar-refractivity contribution in [2.24, 2.45) is 0 Å². The molecule has 1 fully saturated rings. The van der Waals surface area contributed by atoms with E-state index in [-0.39, 0.29) is 23.2 Å². The quantitative estimate of drug-likeness (QED) is 0.750. The van der Waals surface area contributed by atoms with Crippen LogP contribution in [-0.2, 0) is 14.3 Å². The third-order valence-electron chi connectivity index (χ3n) is 5.19. The fraction of sp³-hybridized carbons (Fsp3) is 0.286. The van der Waals surface area contributed by atoms with Crippen molar-refractivity contribution in [1.82, 2.24) is 0 Å². The molecular weight excluding hydrogens is 396 g/mol. The lowest BCUT2D eigenvalue weighted by Gasteiger charge is -2.33. The molecule has 9 heteroatoms. The van der Waals surface area contributed by atoms with Gasteiger partial charge in [0, 0.05) is 12.6 Å². The zero-order chi connectivity index (χ0) is 21.4. The SMILES string of the molecule is C[C@H](OC(=O)c1ccc2c(c1)NC(=O)[C@@H]1CCCN21)C(=O)Nc1cc(F)ccc1F. The number of fused-ring (bicyclic) bond motifs is 3. The van der Waals surface area contributed by atoms with Crippen LogP contribution in [0.15, 0.2) is 36.4 Å². The standard InChI is InChI=1S/C21H19F2N3O4/c1-11(19(27)24-15-10-13(22)5-6-14(15)23)30-21(29)12-4-7-17-16(9-12)25-20(28)18-3-2-8-26(17)18/h4-7,9-11,18H,2-3,8H2,1H3,(H,24,27)(H,25,28)/t11-,18-/m0/s1. The van der Waals surface area contributed by atoms with Crippen LogP contribution in [0.25, 0.3) is 0 Å². The van der Waals surface area contributed by atoms with E-state index in [0.717, 1.165) is 43.3 Å². The van der Waals surface area contributed by atoms with Gasteiger partial charge in [0.25, 0.3) is 5.91 Å². The highest BCUT2D eigenvalue weighted by atomic mass is 19.1. The van der Waals surface area contributed by atoms with E-state index in [1.807, 2.05) is 4.90 Å². The first-order chi connectivity index (χ1) is 14.3. The van der Waals surface area contributed by atoms with E-state index < -0.39 is 29.6 Å². The number of esters is 1. The smallest absolute Gasteiger partial charge is 0.338 e. The molecule has 1 saturated heterocycles. The molecule has 0 radical (unpaired) electrons. The predicted molar refractivity (Wildman–Crippen MR) is 105 cm³/mol. The molecule has 4 rings (SSSR count). The van der Waals surface area contributed by atoms with E-state index in [1.165, 1.54) is 13.0 Å². The van der Waals surface area contributed by atoms with Gasteiger partial charge in [-0.25, -0.2) is 13.6 Å². The van der Waals surface area contributed by atoms with Gasteiger partial charge in [-0.05, 0) is 50.1 Å². The maximum absolute atomic E-state index is 13.7. The topological polar surface area (TPSA) is 87.7 Å². The van der Waals surface area contributed by atoms with Crippen molar-refractivity contribution in [3.8, 4) is 0 Å². The van der Waals surface area contributed by atoms with Crippen LogP contribution >= 0.6 is 0 Å². The lowest BCUT2D eigenvalue weighted by atomic mass is 10.1. The van der Waals surface area contributed by atoms with Gasteiger partial charge in [-0.3, -0.25) is 9.59 Å². The number of halogens is 2. The molecule has 0 aliphatic carbocycles. The zero-order valence-electron chi connectivity index (χ0n) is 16.1. The monoisotopic (exact) mass is 415 g/mol. The molecule has 2 aromatic rings. The van der Waals surface area contributed by atoms with Gasteiger partial charge in [-0.1, -0.05) is 0 Å². The second-order valence-corrected chi connectivity index (χ2v) is 7.23. The van der Waals surface area contributed by atoms with Gasteiger partial charge in [0.15, 0.2) is 6.10 Å². The summed E-state index contributed by atoms with van der Waals surface area (Å²) in [6, 6.07) is 7.24. The molecule has 0 saturated carbocycles. The second-order valence-electron chi connectivity index (χ2n) is 7.23. The minimum Gasteiger partial charge on any atom is -0.449 e. The lowest BCUT2D eigenvalue weighted by Crippen LogP contribution is -2.43. The van der Waals surface area contributed by atoms with Crippen molar-refractivity contribution >= 4 is 34.8 Å². The summed E-state index contributed by atoms with van der Waals surface area (Å²) in [6.45, 7) is 2.09. The average Bonchev–Trinajstić information content (AvgIpc) is 3.21. The van der Waals surface area contributed by atoms with Crippen LogP contribution < -0.4 is 15.5 Å². The van der Waals surface area contributed by atoms with Gasteiger partial charge in [-0.15, -0.1) is 0 Å². The molecule has 2 N–H and O–H groups in total. The highest BCUT2D eigenvalue weighted by Gasteiger charge is 2.36. The van der Waals surface area contributed by atoms with Crippen LogP contribution in [0, 0.1) is 11.6 Å². The summed E-state index contributed by atoms with van der Waals surface area (Å²) >= 11 is 0. The Morgan fingerprint density at radius 1 is 1.23 bits per heavy atom. The number of nitrogens with one attached hydrogen (secondary N) is 2. The molecule has 0 aromatic heterocycles. The van der Waals surface area contributed by atoms with Crippen molar-refractivity contribution in [3.63, 3.8) is 0 Å². The minimum absolute atomic E-state index is 0.115. The second kappa shape index (κ2) is 7.74. The summed E-state index contributed by atoms with van der Waals surface area (Å²) in [5.41, 5.74) is 1.15. The van der Waals surface area contributed by atoms with Gasteiger partial charge in [0.1, 0.15) is 17.7 Å². The lowest BCUT2D eigenvalue weighted by molar-refractivity contribution is -0.123. The van der Waals surface area contributed by atoms with Crippen molar-refractivity contribution in [3.05, 3.63) is 53.6 Å². The number of rotatable bonds is 4. The number of carbonyl (C=O) groups excluding carboxylic acids is 3. The maximum Gasteiger partial charge on any atom is 0.338 e. The Morgan fingerprint density at radius 2 is 2.03 bits per heavy atom. The van der Waals surface area contributed by atoms with Crippen molar-refractivity contribution in [1.29, 1.82) is 0 Å². The van der Waals surface area contributed by atoms with E-state index >= 15 is 0 Å². The molecule has 2 atom stereocenters. The number of hydrogen-bond donors (Lipinski definition) is 2. The molecule has 0 spiro atoms. The summed E-state index contributed by atoms with van der Waals surface area (Å²) in [5, 5.41) is 5.00. The molecule has 2 aliphatic heterocycles. The first-order valence-corrected chi connectivity index (χ1v) is 9.52. The van der Waals surface area contributed by atoms with Crippen LogP contribution in [0.5, 0.6) is 0 Å². The number of amides is 2. The molecule has 0 bridgehead atoms. The van der Waals surface area contributed by atoms with Gasteiger partial charge < -0.3 is 20.3 Å². The number of ether oxygens (including phenoxy) is 1. The van der Waals surface area contributed by atoms with E-state index in [0.29, 0.717) is 5.69 Å². The summed E-state index contributed by atoms with van der Waals surface area (Å²) < 4.78 is 32.1. The van der Waals surface area contributed by atoms with Crippen LogP contribution in [0.4, 0.5) is 25.8 Å². The number of anilines is 3. The minimum atomic E-state index is -1.26.